The largest absolute Gasteiger partial charge is 0.272 e. The molecule has 1 saturated carbocycles. The standard InChI is InChI=1S/C22H23F4N3/c1-4-27-7-5-14(2)21-18(23)10-15(11-19(21)24)9-16-12-22(25,26)13-17(16)20-6-8-28-29(20)3/h4-8,10-11,16-17H,1,9,12-13H2,2-3H3/b14-5+,27-7-. The molecule has 1 aliphatic carbocycles. The van der Waals surface area contributed by atoms with Crippen LogP contribution in [0.4, 0.5) is 17.6 Å². The molecule has 0 aliphatic heterocycles. The fourth-order valence-electron chi connectivity index (χ4n) is 4.13. The van der Waals surface area contributed by atoms with Crippen LogP contribution in [-0.2, 0) is 13.5 Å². The molecule has 0 N–H and O–H groups in total. The van der Waals surface area contributed by atoms with E-state index in [1.165, 1.54) is 30.6 Å². The van der Waals surface area contributed by atoms with E-state index in [-0.39, 0.29) is 24.8 Å². The quantitative estimate of drug-likeness (QED) is 0.449. The Balaban J connectivity index is 1.87. The van der Waals surface area contributed by atoms with Crippen molar-refractivity contribution in [1.82, 2.24) is 9.78 Å². The molecule has 1 heterocycles. The molecule has 1 aliphatic rings. The zero-order valence-electron chi connectivity index (χ0n) is 16.4. The number of hydrogen-bond acceptors (Lipinski definition) is 2. The molecule has 0 bridgehead atoms. The van der Waals surface area contributed by atoms with Gasteiger partial charge in [0.05, 0.1) is 0 Å². The van der Waals surface area contributed by atoms with E-state index in [4.69, 9.17) is 0 Å². The monoisotopic (exact) mass is 405 g/mol. The minimum Gasteiger partial charge on any atom is -0.272 e. The van der Waals surface area contributed by atoms with E-state index in [1.54, 1.807) is 30.9 Å². The molecule has 2 unspecified atom stereocenters. The normalized spacial score (nSPS) is 21.8. The SMILES string of the molecule is C=C/N=C\C=C(/C)c1c(F)cc(CC2CC(F)(F)CC2c2ccnn2C)cc1F. The summed E-state index contributed by atoms with van der Waals surface area (Å²) in [6.45, 7) is 5.01. The average molecular weight is 405 g/mol. The molecule has 1 aromatic carbocycles. The van der Waals surface area contributed by atoms with Crippen LogP contribution in [0.1, 0.15) is 42.5 Å². The Hall–Kier alpha value is -2.70. The third kappa shape index (κ3) is 4.66. The van der Waals surface area contributed by atoms with Crippen LogP contribution in [0.2, 0.25) is 0 Å². The minimum atomic E-state index is -2.81. The molecular formula is C22H23F4N3. The van der Waals surface area contributed by atoms with Crippen molar-refractivity contribution in [2.45, 2.75) is 38.0 Å². The first-order valence-corrected chi connectivity index (χ1v) is 9.37. The van der Waals surface area contributed by atoms with Crippen LogP contribution in [0.3, 0.4) is 0 Å². The average Bonchev–Trinajstić information content (AvgIpc) is 3.16. The maximum absolute atomic E-state index is 14.6. The lowest BCUT2D eigenvalue weighted by Crippen LogP contribution is -2.13. The van der Waals surface area contributed by atoms with Crippen molar-refractivity contribution < 1.29 is 17.6 Å². The summed E-state index contributed by atoms with van der Waals surface area (Å²) in [7, 11) is 1.71. The van der Waals surface area contributed by atoms with Crippen molar-refractivity contribution >= 4 is 11.8 Å². The van der Waals surface area contributed by atoms with Crippen molar-refractivity contribution in [3.8, 4) is 0 Å². The molecule has 3 rings (SSSR count). The number of nitrogens with zero attached hydrogens (tertiary/aromatic N) is 3. The van der Waals surface area contributed by atoms with Crippen LogP contribution in [0.15, 0.2) is 48.2 Å². The third-order valence-corrected chi connectivity index (χ3v) is 5.40. The number of halogens is 4. The van der Waals surface area contributed by atoms with Gasteiger partial charge in [-0.15, -0.1) is 0 Å². The van der Waals surface area contributed by atoms with Crippen molar-refractivity contribution in [1.29, 1.82) is 0 Å². The highest BCUT2D eigenvalue weighted by Crippen LogP contribution is 2.49. The molecule has 0 saturated heterocycles. The molecule has 29 heavy (non-hydrogen) atoms. The smallest absolute Gasteiger partial charge is 0.249 e. The molecule has 7 heteroatoms. The van der Waals surface area contributed by atoms with E-state index in [1.807, 2.05) is 0 Å². The number of rotatable bonds is 6. The predicted octanol–water partition coefficient (Wildman–Crippen LogP) is 5.69. The summed E-state index contributed by atoms with van der Waals surface area (Å²) in [4.78, 5) is 3.78. The summed E-state index contributed by atoms with van der Waals surface area (Å²) in [5.41, 5.74) is 1.30. The van der Waals surface area contributed by atoms with Crippen molar-refractivity contribution in [3.63, 3.8) is 0 Å². The second-order valence-electron chi connectivity index (χ2n) is 7.48. The summed E-state index contributed by atoms with van der Waals surface area (Å²) in [6.07, 6.45) is 5.33. The number of aliphatic imine (C=N–C) groups is 1. The highest BCUT2D eigenvalue weighted by Gasteiger charge is 2.47. The van der Waals surface area contributed by atoms with Gasteiger partial charge in [0.1, 0.15) is 11.6 Å². The predicted molar refractivity (Wildman–Crippen MR) is 106 cm³/mol. The molecule has 0 radical (unpaired) electrons. The van der Waals surface area contributed by atoms with Gasteiger partial charge < -0.3 is 0 Å². The van der Waals surface area contributed by atoms with E-state index in [9.17, 15) is 17.6 Å². The van der Waals surface area contributed by atoms with E-state index in [0.29, 0.717) is 16.8 Å². The van der Waals surface area contributed by atoms with E-state index < -0.39 is 29.4 Å². The number of allylic oxidation sites excluding steroid dienone is 2. The van der Waals surface area contributed by atoms with Crippen molar-refractivity contribution in [2.75, 3.05) is 0 Å². The molecule has 0 spiro atoms. The molecule has 2 atom stereocenters. The Morgan fingerprint density at radius 1 is 1.31 bits per heavy atom. The van der Waals surface area contributed by atoms with Crippen LogP contribution in [0.5, 0.6) is 0 Å². The third-order valence-electron chi connectivity index (χ3n) is 5.40. The molecule has 1 aromatic heterocycles. The Bertz CT molecular complexity index is 936. The summed E-state index contributed by atoms with van der Waals surface area (Å²) in [5.74, 6) is -5.09. The van der Waals surface area contributed by atoms with Crippen molar-refractivity contribution in [3.05, 3.63) is 71.7 Å². The van der Waals surface area contributed by atoms with Gasteiger partial charge in [0.25, 0.3) is 0 Å². The molecule has 3 nitrogen and oxygen atoms in total. The maximum atomic E-state index is 14.6. The first-order chi connectivity index (χ1) is 13.7. The van der Waals surface area contributed by atoms with E-state index in [0.717, 1.165) is 0 Å². The highest BCUT2D eigenvalue weighted by molar-refractivity contribution is 5.84. The number of aromatic nitrogens is 2. The van der Waals surface area contributed by atoms with Crippen LogP contribution in [-0.4, -0.2) is 21.9 Å². The van der Waals surface area contributed by atoms with Gasteiger partial charge in [0.2, 0.25) is 5.92 Å². The lowest BCUT2D eigenvalue weighted by atomic mass is 9.87. The van der Waals surface area contributed by atoms with Crippen molar-refractivity contribution in [2.24, 2.45) is 18.0 Å². The number of hydrogen-bond donors (Lipinski definition) is 0. The van der Waals surface area contributed by atoms with Gasteiger partial charge in [-0.25, -0.2) is 17.6 Å². The van der Waals surface area contributed by atoms with Gasteiger partial charge in [-0.05, 0) is 54.7 Å². The molecule has 0 amide bonds. The van der Waals surface area contributed by atoms with Gasteiger partial charge in [-0.1, -0.05) is 6.58 Å². The molecule has 1 fully saturated rings. The van der Waals surface area contributed by atoms with E-state index in [2.05, 4.69) is 16.7 Å². The Morgan fingerprint density at radius 3 is 2.59 bits per heavy atom. The molecule has 154 valence electrons. The van der Waals surface area contributed by atoms with Gasteiger partial charge in [0, 0.05) is 55.7 Å². The number of aryl methyl sites for hydroxylation is 1. The fraction of sp³-hybridized carbons (Fsp3) is 0.364. The van der Waals surface area contributed by atoms with E-state index >= 15 is 0 Å². The zero-order valence-corrected chi connectivity index (χ0v) is 16.4. The Kier molecular flexibility index (Phi) is 6.05. The number of alkyl halides is 2. The summed E-state index contributed by atoms with van der Waals surface area (Å²) < 4.78 is 59.1. The lowest BCUT2D eigenvalue weighted by molar-refractivity contribution is 0.00405. The van der Waals surface area contributed by atoms with Crippen LogP contribution >= 0.6 is 0 Å². The van der Waals surface area contributed by atoms with Crippen LogP contribution in [0.25, 0.3) is 5.57 Å². The second-order valence-corrected chi connectivity index (χ2v) is 7.48. The molecule has 2 aromatic rings. The second kappa shape index (κ2) is 8.35. The summed E-state index contributed by atoms with van der Waals surface area (Å²) in [6, 6.07) is 4.19. The van der Waals surface area contributed by atoms with Gasteiger partial charge >= 0.3 is 0 Å². The first-order valence-electron chi connectivity index (χ1n) is 9.37. The topological polar surface area (TPSA) is 30.2 Å². The van der Waals surface area contributed by atoms with Gasteiger partial charge in [-0.3, -0.25) is 9.67 Å². The van der Waals surface area contributed by atoms with Gasteiger partial charge in [0.15, 0.2) is 0 Å². The number of benzene rings is 1. The van der Waals surface area contributed by atoms with Gasteiger partial charge in [-0.2, -0.15) is 5.10 Å². The maximum Gasteiger partial charge on any atom is 0.249 e. The fourth-order valence-corrected chi connectivity index (χ4v) is 4.13. The minimum absolute atomic E-state index is 0.149. The Morgan fingerprint density at radius 2 is 2.00 bits per heavy atom. The highest BCUT2D eigenvalue weighted by atomic mass is 19.3. The summed E-state index contributed by atoms with van der Waals surface area (Å²) in [5, 5.41) is 4.07. The van der Waals surface area contributed by atoms with Crippen LogP contribution < -0.4 is 0 Å². The lowest BCUT2D eigenvalue weighted by Gasteiger charge is -2.19. The zero-order chi connectivity index (χ0) is 21.2. The Labute approximate surface area is 167 Å². The summed E-state index contributed by atoms with van der Waals surface area (Å²) >= 11 is 0. The molecular weight excluding hydrogens is 382 g/mol. The first kappa shape index (κ1) is 21.0. The van der Waals surface area contributed by atoms with Crippen LogP contribution in [0, 0.1) is 17.6 Å².